The van der Waals surface area contributed by atoms with Crippen LogP contribution in [0.3, 0.4) is 0 Å². The van der Waals surface area contributed by atoms with E-state index in [0.717, 1.165) is 0 Å². The summed E-state index contributed by atoms with van der Waals surface area (Å²) in [6, 6.07) is -5.52. The number of nitrogens with zero attached hydrogens (tertiary/aromatic N) is 2. The van der Waals surface area contributed by atoms with Gasteiger partial charge in [-0.25, -0.2) is 14.8 Å². The average molecular weight is 493 g/mol. The summed E-state index contributed by atoms with van der Waals surface area (Å²) in [5.74, 6) is -5.08. The SMILES string of the molecule is NC(=O)CC(NC(=O)C(Cc1cnc[nH]1)NC(=O)C(CO)NC(=O)C(N)Cc1cnc[nH]1)C(=O)O. The summed E-state index contributed by atoms with van der Waals surface area (Å²) in [4.78, 5) is 73.5. The summed E-state index contributed by atoms with van der Waals surface area (Å²) < 4.78 is 0. The predicted molar refractivity (Wildman–Crippen MR) is 117 cm³/mol. The number of primary amides is 1. The van der Waals surface area contributed by atoms with Gasteiger partial charge < -0.3 is 47.6 Å². The lowest BCUT2D eigenvalue weighted by Gasteiger charge is -2.24. The zero-order valence-electron chi connectivity index (χ0n) is 18.4. The topological polar surface area (TPSA) is 271 Å². The van der Waals surface area contributed by atoms with Crippen LogP contribution in [0.1, 0.15) is 17.8 Å². The molecule has 190 valence electrons. The van der Waals surface area contributed by atoms with Crippen LogP contribution >= 0.6 is 0 Å². The van der Waals surface area contributed by atoms with E-state index in [2.05, 4.69) is 35.9 Å². The molecule has 0 aliphatic heterocycles. The van der Waals surface area contributed by atoms with Gasteiger partial charge >= 0.3 is 5.97 Å². The number of carboxylic acid groups (broad SMARTS) is 1. The molecule has 0 spiro atoms. The zero-order chi connectivity index (χ0) is 26.0. The molecule has 0 aliphatic rings. The molecule has 2 aromatic rings. The molecule has 0 aliphatic carbocycles. The maximum absolute atomic E-state index is 12.8. The molecule has 11 N–H and O–H groups in total. The fourth-order valence-corrected chi connectivity index (χ4v) is 2.97. The molecule has 0 aromatic carbocycles. The number of aliphatic hydroxyl groups excluding tert-OH is 1. The van der Waals surface area contributed by atoms with Gasteiger partial charge in [0.25, 0.3) is 0 Å². The number of hydrogen-bond donors (Lipinski definition) is 9. The van der Waals surface area contributed by atoms with Crippen LogP contribution in [0, 0.1) is 0 Å². The molecule has 4 atom stereocenters. The molecular formula is C19H27N9O7. The number of H-pyrrole nitrogens is 2. The number of carbonyl (C=O) groups excluding carboxylic acids is 4. The first kappa shape index (κ1) is 26.9. The monoisotopic (exact) mass is 493 g/mol. The fraction of sp³-hybridized carbons (Fsp3) is 0.421. The zero-order valence-corrected chi connectivity index (χ0v) is 18.4. The summed E-state index contributed by atoms with van der Waals surface area (Å²) in [6.07, 6.45) is 4.87. The number of aromatic amines is 2. The number of carbonyl (C=O) groups is 5. The Labute approximate surface area is 198 Å². The van der Waals surface area contributed by atoms with Gasteiger partial charge in [-0.15, -0.1) is 0 Å². The molecule has 2 rings (SSSR count). The van der Waals surface area contributed by atoms with Crippen molar-refractivity contribution < 1.29 is 34.2 Å². The van der Waals surface area contributed by atoms with Crippen molar-refractivity contribution in [1.82, 2.24) is 35.9 Å². The minimum atomic E-state index is -1.63. The van der Waals surface area contributed by atoms with Crippen molar-refractivity contribution in [3.8, 4) is 0 Å². The second kappa shape index (κ2) is 12.8. The molecule has 2 heterocycles. The van der Waals surface area contributed by atoms with Gasteiger partial charge in [-0.2, -0.15) is 0 Å². The fourth-order valence-electron chi connectivity index (χ4n) is 2.97. The van der Waals surface area contributed by atoms with Gasteiger partial charge in [0, 0.05) is 36.6 Å². The smallest absolute Gasteiger partial charge is 0.326 e. The van der Waals surface area contributed by atoms with E-state index in [4.69, 9.17) is 11.5 Å². The first-order valence-electron chi connectivity index (χ1n) is 10.3. The van der Waals surface area contributed by atoms with Crippen molar-refractivity contribution in [3.05, 3.63) is 36.4 Å². The molecule has 0 radical (unpaired) electrons. The summed E-state index contributed by atoms with van der Waals surface area (Å²) in [5.41, 5.74) is 11.9. The molecule has 4 amide bonds. The van der Waals surface area contributed by atoms with Gasteiger partial charge in [-0.05, 0) is 0 Å². The maximum atomic E-state index is 12.8. The number of aromatic nitrogens is 4. The molecule has 16 nitrogen and oxygen atoms in total. The Hall–Kier alpha value is -4.31. The van der Waals surface area contributed by atoms with E-state index in [1.807, 2.05) is 0 Å². The molecule has 16 heteroatoms. The molecule has 0 fully saturated rings. The minimum Gasteiger partial charge on any atom is -0.480 e. The molecule has 0 saturated carbocycles. The Morgan fingerprint density at radius 1 is 0.857 bits per heavy atom. The van der Waals surface area contributed by atoms with Gasteiger partial charge in [-0.1, -0.05) is 0 Å². The first-order chi connectivity index (χ1) is 16.6. The summed E-state index contributed by atoms with van der Waals surface area (Å²) in [7, 11) is 0. The number of nitrogens with two attached hydrogens (primary N) is 2. The average Bonchev–Trinajstić information content (AvgIpc) is 3.50. The van der Waals surface area contributed by atoms with E-state index in [1.165, 1.54) is 25.0 Å². The molecule has 2 aromatic heterocycles. The van der Waals surface area contributed by atoms with Gasteiger partial charge in [0.1, 0.15) is 18.1 Å². The third kappa shape index (κ3) is 8.52. The van der Waals surface area contributed by atoms with Crippen LogP contribution in [0.15, 0.2) is 25.0 Å². The highest BCUT2D eigenvalue weighted by Crippen LogP contribution is 2.03. The van der Waals surface area contributed by atoms with Gasteiger partial charge in [0.15, 0.2) is 0 Å². The lowest BCUT2D eigenvalue weighted by Crippen LogP contribution is -2.59. The largest absolute Gasteiger partial charge is 0.480 e. The van der Waals surface area contributed by atoms with Crippen molar-refractivity contribution in [2.45, 2.75) is 43.4 Å². The van der Waals surface area contributed by atoms with E-state index in [-0.39, 0.29) is 12.8 Å². The van der Waals surface area contributed by atoms with E-state index >= 15 is 0 Å². The predicted octanol–water partition coefficient (Wildman–Crippen LogP) is -4.35. The minimum absolute atomic E-state index is 0.0902. The van der Waals surface area contributed by atoms with Crippen LogP contribution in [-0.2, 0) is 36.8 Å². The molecule has 4 unspecified atom stereocenters. The first-order valence-corrected chi connectivity index (χ1v) is 10.3. The number of amides is 4. The number of nitrogens with one attached hydrogen (secondary N) is 5. The summed E-state index contributed by atoms with van der Waals surface area (Å²) in [6.45, 7) is -0.813. The van der Waals surface area contributed by atoms with Crippen LogP contribution in [0.2, 0.25) is 0 Å². The standard InChI is InChI=1S/C19H27N9O7/c20-11(1-9-4-22-7-24-9)16(31)28-14(6-29)18(33)26-12(2-10-5-23-8-25-10)17(32)27-13(19(34)35)3-15(21)30/h4-5,7-8,11-14,29H,1-3,6,20H2,(H2,21,30)(H,22,24)(H,23,25)(H,26,33)(H,27,32)(H,28,31)(H,34,35). The Kier molecular flexibility index (Phi) is 9.85. The highest BCUT2D eigenvalue weighted by atomic mass is 16.4. The second-order valence-corrected chi connectivity index (χ2v) is 7.54. The normalized spacial score (nSPS) is 14.2. The maximum Gasteiger partial charge on any atom is 0.326 e. The van der Waals surface area contributed by atoms with E-state index in [0.29, 0.717) is 11.4 Å². The third-order valence-corrected chi connectivity index (χ3v) is 4.78. The van der Waals surface area contributed by atoms with Crippen molar-refractivity contribution in [1.29, 1.82) is 0 Å². The molecule has 35 heavy (non-hydrogen) atoms. The van der Waals surface area contributed by atoms with Gasteiger partial charge in [0.2, 0.25) is 23.6 Å². The highest BCUT2D eigenvalue weighted by molar-refractivity contribution is 5.95. The Morgan fingerprint density at radius 2 is 1.37 bits per heavy atom. The second-order valence-electron chi connectivity index (χ2n) is 7.54. The lowest BCUT2D eigenvalue weighted by molar-refractivity contribution is -0.143. The Bertz CT molecular complexity index is 1010. The van der Waals surface area contributed by atoms with Crippen molar-refractivity contribution in [3.63, 3.8) is 0 Å². The number of rotatable bonds is 14. The van der Waals surface area contributed by atoms with E-state index < -0.39 is 66.8 Å². The van der Waals surface area contributed by atoms with E-state index in [1.54, 1.807) is 0 Å². The van der Waals surface area contributed by atoms with Crippen LogP contribution < -0.4 is 27.4 Å². The molecule has 0 bridgehead atoms. The van der Waals surface area contributed by atoms with Crippen LogP contribution in [0.5, 0.6) is 0 Å². The highest BCUT2D eigenvalue weighted by Gasteiger charge is 2.31. The van der Waals surface area contributed by atoms with Crippen LogP contribution in [-0.4, -0.2) is 90.5 Å². The quantitative estimate of drug-likeness (QED) is 0.122. The molecular weight excluding hydrogens is 466 g/mol. The number of carboxylic acids is 1. The number of aliphatic carboxylic acids is 1. The number of imidazole rings is 2. The van der Waals surface area contributed by atoms with Gasteiger partial charge in [-0.3, -0.25) is 19.2 Å². The van der Waals surface area contributed by atoms with Crippen LogP contribution in [0.4, 0.5) is 0 Å². The Balaban J connectivity index is 2.08. The third-order valence-electron chi connectivity index (χ3n) is 4.78. The lowest BCUT2D eigenvalue weighted by atomic mass is 10.1. The summed E-state index contributed by atoms with van der Waals surface area (Å²) >= 11 is 0. The van der Waals surface area contributed by atoms with Crippen molar-refractivity contribution in [2.75, 3.05) is 6.61 Å². The number of aliphatic hydroxyl groups is 1. The Morgan fingerprint density at radius 3 is 1.86 bits per heavy atom. The number of hydrogen-bond acceptors (Lipinski definition) is 9. The molecule has 0 saturated heterocycles. The summed E-state index contributed by atoms with van der Waals surface area (Å²) in [5, 5.41) is 25.7. The van der Waals surface area contributed by atoms with Crippen molar-refractivity contribution >= 4 is 29.6 Å². The van der Waals surface area contributed by atoms with E-state index in [9.17, 15) is 34.2 Å². The van der Waals surface area contributed by atoms with Gasteiger partial charge in [0.05, 0.1) is 31.7 Å². The van der Waals surface area contributed by atoms with Crippen LogP contribution in [0.25, 0.3) is 0 Å². The van der Waals surface area contributed by atoms with Crippen molar-refractivity contribution in [2.24, 2.45) is 11.5 Å².